The molecule has 1 aliphatic heterocycles. The minimum Gasteiger partial charge on any atom is -0.385 e. The third-order valence-electron chi connectivity index (χ3n) is 5.23. The average Bonchev–Trinajstić information content (AvgIpc) is 2.77. The monoisotopic (exact) mass is 376 g/mol. The van der Waals surface area contributed by atoms with Gasteiger partial charge in [-0.3, -0.25) is 0 Å². The Morgan fingerprint density at radius 2 is 1.14 bits per heavy atom. The fourth-order valence-corrected chi connectivity index (χ4v) is 3.84. The second kappa shape index (κ2) is 8.25. The van der Waals surface area contributed by atoms with Gasteiger partial charge < -0.3 is 19.7 Å². The van der Waals surface area contributed by atoms with Crippen molar-refractivity contribution in [3.63, 3.8) is 0 Å². The van der Waals surface area contributed by atoms with E-state index in [1.54, 1.807) is 0 Å². The summed E-state index contributed by atoms with van der Waals surface area (Å²) in [6, 6.07) is 30.0. The predicted octanol–water partition coefficient (Wildman–Crippen LogP) is 3.46. The molecule has 1 aliphatic rings. The van der Waals surface area contributed by atoms with Gasteiger partial charge in [0.15, 0.2) is 6.29 Å². The molecule has 0 saturated carbocycles. The molecule has 1 fully saturated rings. The Morgan fingerprint density at radius 3 is 1.57 bits per heavy atom. The van der Waals surface area contributed by atoms with Crippen molar-refractivity contribution in [1.29, 1.82) is 0 Å². The number of hydrogen-bond acceptors (Lipinski definition) is 4. The van der Waals surface area contributed by atoms with E-state index in [-0.39, 0.29) is 0 Å². The van der Waals surface area contributed by atoms with Gasteiger partial charge in [-0.25, -0.2) is 0 Å². The predicted molar refractivity (Wildman–Crippen MR) is 107 cm³/mol. The molecule has 0 aliphatic carbocycles. The Hall–Kier alpha value is -2.50. The van der Waals surface area contributed by atoms with Crippen LogP contribution in [0.4, 0.5) is 0 Å². The number of aliphatic hydroxyl groups is 2. The summed E-state index contributed by atoms with van der Waals surface area (Å²) in [6.07, 6.45) is -2.46. The van der Waals surface area contributed by atoms with Gasteiger partial charge in [-0.15, -0.1) is 0 Å². The molecule has 0 unspecified atom stereocenters. The van der Waals surface area contributed by atoms with Gasteiger partial charge in [-0.2, -0.15) is 0 Å². The van der Waals surface area contributed by atoms with Gasteiger partial charge in [0, 0.05) is 0 Å². The fraction of sp³-hybridized carbons (Fsp3) is 0.250. The highest BCUT2D eigenvalue weighted by atomic mass is 16.6. The molecule has 4 rings (SSSR count). The lowest BCUT2D eigenvalue weighted by Crippen LogP contribution is -2.50. The number of benzene rings is 3. The van der Waals surface area contributed by atoms with Gasteiger partial charge in [-0.1, -0.05) is 91.0 Å². The summed E-state index contributed by atoms with van der Waals surface area (Å²) in [7, 11) is 0. The van der Waals surface area contributed by atoms with Gasteiger partial charge in [0.05, 0.1) is 12.7 Å². The van der Waals surface area contributed by atoms with E-state index in [2.05, 4.69) is 0 Å². The van der Waals surface area contributed by atoms with Crippen LogP contribution >= 0.6 is 0 Å². The van der Waals surface area contributed by atoms with E-state index >= 15 is 0 Å². The molecule has 0 amide bonds. The molecular formula is C24H24O4. The molecule has 4 nitrogen and oxygen atoms in total. The lowest BCUT2D eigenvalue weighted by molar-refractivity contribution is -0.243. The Balaban J connectivity index is 1.91. The number of ether oxygens (including phenoxy) is 2. The van der Waals surface area contributed by atoms with E-state index in [0.29, 0.717) is 13.0 Å². The first-order valence-electron chi connectivity index (χ1n) is 9.54. The number of aliphatic hydroxyl groups excluding tert-OH is 2. The lowest BCUT2D eigenvalue weighted by atomic mass is 9.79. The number of rotatable bonds is 5. The fourth-order valence-electron chi connectivity index (χ4n) is 3.84. The zero-order valence-electron chi connectivity index (χ0n) is 15.5. The zero-order valence-corrected chi connectivity index (χ0v) is 15.5. The largest absolute Gasteiger partial charge is 0.385 e. The van der Waals surface area contributed by atoms with Crippen molar-refractivity contribution in [2.75, 3.05) is 6.61 Å². The van der Waals surface area contributed by atoms with Gasteiger partial charge in [0.1, 0.15) is 11.7 Å². The lowest BCUT2D eigenvalue weighted by Gasteiger charge is -2.42. The summed E-state index contributed by atoms with van der Waals surface area (Å²) in [5, 5.41) is 20.5. The normalized spacial score (nSPS) is 22.7. The molecule has 0 aromatic heterocycles. The van der Waals surface area contributed by atoms with Crippen molar-refractivity contribution in [3.05, 3.63) is 108 Å². The van der Waals surface area contributed by atoms with Crippen molar-refractivity contribution in [1.82, 2.24) is 0 Å². The van der Waals surface area contributed by atoms with Crippen LogP contribution in [0, 0.1) is 0 Å². The van der Waals surface area contributed by atoms with Gasteiger partial charge in [0.25, 0.3) is 0 Å². The molecule has 1 heterocycles. The molecule has 3 aromatic carbocycles. The van der Waals surface area contributed by atoms with Crippen molar-refractivity contribution < 1.29 is 19.7 Å². The maximum absolute atomic E-state index is 10.5. The smallest absolute Gasteiger partial charge is 0.183 e. The highest BCUT2D eigenvalue weighted by Gasteiger charge is 2.43. The topological polar surface area (TPSA) is 58.9 Å². The zero-order chi connectivity index (χ0) is 19.4. The maximum Gasteiger partial charge on any atom is 0.183 e. The van der Waals surface area contributed by atoms with Crippen LogP contribution in [0.1, 0.15) is 23.1 Å². The van der Waals surface area contributed by atoms with Gasteiger partial charge >= 0.3 is 0 Å². The van der Waals surface area contributed by atoms with Crippen LogP contribution in [0.5, 0.6) is 0 Å². The quantitative estimate of drug-likeness (QED) is 0.670. The Kier molecular flexibility index (Phi) is 5.55. The summed E-state index contributed by atoms with van der Waals surface area (Å²) < 4.78 is 11.9. The third kappa shape index (κ3) is 3.48. The molecule has 28 heavy (non-hydrogen) atoms. The van der Waals surface area contributed by atoms with Gasteiger partial charge in [0.2, 0.25) is 0 Å². The molecular weight excluding hydrogens is 352 g/mol. The molecule has 3 atom stereocenters. The average molecular weight is 376 g/mol. The molecule has 0 spiro atoms. The maximum atomic E-state index is 10.5. The first-order valence-corrected chi connectivity index (χ1v) is 9.54. The molecule has 1 saturated heterocycles. The standard InChI is InChI=1S/C24H24O4/c25-22-21(16-17-27-23(22)26)28-24(18-10-4-1-5-11-18,19-12-6-2-7-13-19)20-14-8-3-9-15-20/h1-15,21-23,25-26H,16-17H2/t21-,22-,23+/m1/s1. The van der Waals surface area contributed by atoms with E-state index in [1.807, 2.05) is 91.0 Å². The van der Waals surface area contributed by atoms with Crippen LogP contribution in [0.3, 0.4) is 0 Å². The molecule has 3 aromatic rings. The van der Waals surface area contributed by atoms with Gasteiger partial charge in [-0.05, 0) is 23.1 Å². The minimum atomic E-state index is -1.25. The minimum absolute atomic E-state index is 0.331. The Labute approximate surface area is 165 Å². The van der Waals surface area contributed by atoms with E-state index < -0.39 is 24.1 Å². The molecule has 4 heteroatoms. The van der Waals surface area contributed by atoms with Crippen LogP contribution in [0.15, 0.2) is 91.0 Å². The second-order valence-corrected chi connectivity index (χ2v) is 6.98. The van der Waals surface area contributed by atoms with E-state index in [9.17, 15) is 10.2 Å². The highest BCUT2D eigenvalue weighted by molar-refractivity contribution is 5.47. The molecule has 144 valence electrons. The van der Waals surface area contributed by atoms with Crippen LogP contribution in [0.25, 0.3) is 0 Å². The van der Waals surface area contributed by atoms with Crippen LogP contribution in [-0.4, -0.2) is 35.3 Å². The summed E-state index contributed by atoms with van der Waals surface area (Å²) in [6.45, 7) is 0.331. The van der Waals surface area contributed by atoms with Crippen LogP contribution in [-0.2, 0) is 15.1 Å². The first-order chi connectivity index (χ1) is 13.7. The summed E-state index contributed by atoms with van der Waals surface area (Å²) >= 11 is 0. The summed E-state index contributed by atoms with van der Waals surface area (Å²) in [5.41, 5.74) is 1.95. The van der Waals surface area contributed by atoms with E-state index in [1.165, 1.54) is 0 Å². The second-order valence-electron chi connectivity index (χ2n) is 6.98. The summed E-state index contributed by atoms with van der Waals surface area (Å²) in [4.78, 5) is 0. The SMILES string of the molecule is O[C@H]1[C@@H](O)OCC[C@H]1OC(c1ccccc1)(c1ccccc1)c1ccccc1. The van der Waals surface area contributed by atoms with E-state index in [4.69, 9.17) is 9.47 Å². The van der Waals surface area contributed by atoms with Crippen molar-refractivity contribution in [2.24, 2.45) is 0 Å². The Morgan fingerprint density at radius 1 is 0.714 bits per heavy atom. The van der Waals surface area contributed by atoms with Crippen LogP contribution in [0.2, 0.25) is 0 Å². The van der Waals surface area contributed by atoms with Crippen LogP contribution < -0.4 is 0 Å². The van der Waals surface area contributed by atoms with Crippen molar-refractivity contribution >= 4 is 0 Å². The highest BCUT2D eigenvalue weighted by Crippen LogP contribution is 2.42. The van der Waals surface area contributed by atoms with Crippen molar-refractivity contribution in [3.8, 4) is 0 Å². The first kappa shape index (κ1) is 18.8. The third-order valence-corrected chi connectivity index (χ3v) is 5.23. The summed E-state index contributed by atoms with van der Waals surface area (Å²) in [5.74, 6) is 0. The molecule has 2 N–H and O–H groups in total. The Bertz CT molecular complexity index is 770. The number of hydrogen-bond donors (Lipinski definition) is 2. The molecule has 0 bridgehead atoms. The molecule has 0 radical (unpaired) electrons. The van der Waals surface area contributed by atoms with Crippen molar-refractivity contribution in [2.45, 2.75) is 30.5 Å². The van der Waals surface area contributed by atoms with E-state index in [0.717, 1.165) is 16.7 Å².